The first-order valence-electron chi connectivity index (χ1n) is 22.4. The summed E-state index contributed by atoms with van der Waals surface area (Å²) < 4.78 is 7.24. The third-order valence-electron chi connectivity index (χ3n) is 15.0. The zero-order chi connectivity index (χ0) is 42.1. The van der Waals surface area contributed by atoms with Gasteiger partial charge in [0.15, 0.2) is 0 Å². The Kier molecular flexibility index (Phi) is 8.53. The molecule has 4 aliphatic rings. The minimum absolute atomic E-state index is 0.00221. The predicted octanol–water partition coefficient (Wildman–Crippen LogP) is 13.6. The molecule has 10 rings (SSSR count). The van der Waals surface area contributed by atoms with E-state index >= 15 is 0 Å². The van der Waals surface area contributed by atoms with Crippen molar-refractivity contribution in [3.8, 4) is 11.5 Å². The highest BCUT2D eigenvalue weighted by atomic mass is 16.5. The third-order valence-corrected chi connectivity index (χ3v) is 15.0. The molecule has 0 N–H and O–H groups in total. The molecule has 0 amide bonds. The fourth-order valence-electron chi connectivity index (χ4n) is 11.0. The fourth-order valence-corrected chi connectivity index (χ4v) is 11.0. The summed E-state index contributed by atoms with van der Waals surface area (Å²) in [6.45, 7) is 26.6. The lowest BCUT2D eigenvalue weighted by molar-refractivity contribution is 0.332. The summed E-state index contributed by atoms with van der Waals surface area (Å²) in [7, 11) is 0. The first kappa shape index (κ1) is 39.0. The van der Waals surface area contributed by atoms with Gasteiger partial charge in [0.1, 0.15) is 11.5 Å². The average Bonchev–Trinajstić information content (AvgIpc) is 3.21. The topological polar surface area (TPSA) is 15.7 Å². The van der Waals surface area contributed by atoms with Gasteiger partial charge in [0.05, 0.1) is 5.69 Å². The smallest absolute Gasteiger partial charge is 0.256 e. The highest BCUT2D eigenvalue weighted by Gasteiger charge is 2.47. The van der Waals surface area contributed by atoms with Crippen molar-refractivity contribution in [3.05, 3.63) is 149 Å². The SMILES string of the molecule is CC(C)(C)c1ccc2c(c1)B1c3cc4c(cc3N(c3ccc5c(c3)C(C)(C)CCC5(C)C)c3cc(N(c5ccccc5)c5ccccc5)cc(c31)O2)C(C)(C)CCC4(C)C. The van der Waals surface area contributed by atoms with Crippen LogP contribution < -0.4 is 30.9 Å². The second-order valence-corrected chi connectivity index (χ2v) is 22.0. The van der Waals surface area contributed by atoms with E-state index in [1.807, 2.05) is 0 Å². The van der Waals surface area contributed by atoms with Crippen molar-refractivity contribution in [2.24, 2.45) is 0 Å². The summed E-state index contributed by atoms with van der Waals surface area (Å²) in [5.74, 6) is 1.87. The van der Waals surface area contributed by atoms with Crippen molar-refractivity contribution in [1.29, 1.82) is 0 Å². The van der Waals surface area contributed by atoms with Gasteiger partial charge in [-0.25, -0.2) is 0 Å². The van der Waals surface area contributed by atoms with Crippen LogP contribution in [-0.2, 0) is 27.1 Å². The monoisotopic (exact) mass is 788 g/mol. The Morgan fingerprint density at radius 3 is 1.63 bits per heavy atom. The van der Waals surface area contributed by atoms with E-state index in [9.17, 15) is 0 Å². The van der Waals surface area contributed by atoms with E-state index in [1.165, 1.54) is 80.5 Å². The van der Waals surface area contributed by atoms with Crippen LogP contribution in [0.5, 0.6) is 11.5 Å². The summed E-state index contributed by atoms with van der Waals surface area (Å²) >= 11 is 0. The largest absolute Gasteiger partial charge is 0.458 e. The second kappa shape index (κ2) is 13.1. The molecule has 6 aromatic rings. The Balaban J connectivity index is 1.32. The Labute approximate surface area is 359 Å². The van der Waals surface area contributed by atoms with Crippen LogP contribution in [0, 0.1) is 0 Å². The van der Waals surface area contributed by atoms with Gasteiger partial charge in [-0.15, -0.1) is 0 Å². The molecule has 0 atom stereocenters. The number of hydrogen-bond donors (Lipinski definition) is 0. The molecule has 0 saturated heterocycles. The summed E-state index contributed by atoms with van der Waals surface area (Å²) in [5, 5.41) is 0. The first-order valence-corrected chi connectivity index (χ1v) is 22.4. The molecule has 3 nitrogen and oxygen atoms in total. The van der Waals surface area contributed by atoms with Crippen LogP contribution in [0.15, 0.2) is 121 Å². The molecule has 2 heterocycles. The molecular weight excluding hydrogens is 727 g/mol. The van der Waals surface area contributed by atoms with E-state index in [-0.39, 0.29) is 33.8 Å². The van der Waals surface area contributed by atoms with E-state index < -0.39 is 0 Å². The van der Waals surface area contributed by atoms with Gasteiger partial charge < -0.3 is 14.5 Å². The summed E-state index contributed by atoms with van der Waals surface area (Å²) in [6, 6.07) is 46.0. The zero-order valence-electron chi connectivity index (χ0n) is 37.8. The van der Waals surface area contributed by atoms with Crippen molar-refractivity contribution in [1.82, 2.24) is 0 Å². The molecular formula is C56H61BN2O. The molecule has 304 valence electrons. The maximum absolute atomic E-state index is 7.24. The van der Waals surface area contributed by atoms with Crippen LogP contribution in [-0.4, -0.2) is 6.71 Å². The minimum Gasteiger partial charge on any atom is -0.458 e. The molecule has 6 aromatic carbocycles. The molecule has 0 radical (unpaired) electrons. The molecule has 2 aliphatic heterocycles. The van der Waals surface area contributed by atoms with Crippen LogP contribution in [0.25, 0.3) is 0 Å². The van der Waals surface area contributed by atoms with Gasteiger partial charge in [0, 0.05) is 34.5 Å². The van der Waals surface area contributed by atoms with Crippen molar-refractivity contribution >= 4 is 57.2 Å². The van der Waals surface area contributed by atoms with Crippen LogP contribution >= 0.6 is 0 Å². The van der Waals surface area contributed by atoms with Crippen LogP contribution in [0.2, 0.25) is 0 Å². The van der Waals surface area contributed by atoms with E-state index in [2.05, 4.69) is 207 Å². The number of rotatable bonds is 4. The van der Waals surface area contributed by atoms with E-state index in [0.29, 0.717) is 0 Å². The fraction of sp³-hybridized carbons (Fsp3) is 0.357. The van der Waals surface area contributed by atoms with Gasteiger partial charge >= 0.3 is 0 Å². The molecule has 60 heavy (non-hydrogen) atoms. The molecule has 0 unspecified atom stereocenters. The molecule has 0 aromatic heterocycles. The Bertz CT molecular complexity index is 2640. The van der Waals surface area contributed by atoms with Gasteiger partial charge in [0.25, 0.3) is 6.71 Å². The lowest BCUT2D eigenvalue weighted by atomic mass is 9.33. The summed E-state index contributed by atoms with van der Waals surface area (Å²) in [5.41, 5.74) is 18.4. The van der Waals surface area contributed by atoms with Gasteiger partial charge in [0.2, 0.25) is 0 Å². The molecule has 0 spiro atoms. The minimum atomic E-state index is -0.0109. The highest BCUT2D eigenvalue weighted by molar-refractivity contribution is 6.99. The number of nitrogens with zero attached hydrogens (tertiary/aromatic N) is 2. The summed E-state index contributed by atoms with van der Waals surface area (Å²) in [4.78, 5) is 5.01. The quantitative estimate of drug-likeness (QED) is 0.165. The van der Waals surface area contributed by atoms with Crippen molar-refractivity contribution < 1.29 is 4.74 Å². The van der Waals surface area contributed by atoms with Crippen LogP contribution in [0.1, 0.15) is 130 Å². The van der Waals surface area contributed by atoms with Gasteiger partial charge in [-0.05, 0) is 152 Å². The zero-order valence-corrected chi connectivity index (χ0v) is 37.8. The lowest BCUT2D eigenvalue weighted by Crippen LogP contribution is -2.60. The van der Waals surface area contributed by atoms with Crippen molar-refractivity contribution in [2.75, 3.05) is 9.80 Å². The number of para-hydroxylation sites is 2. The first-order chi connectivity index (χ1) is 28.3. The Morgan fingerprint density at radius 2 is 1.05 bits per heavy atom. The number of anilines is 6. The molecule has 0 bridgehead atoms. The Morgan fingerprint density at radius 1 is 0.500 bits per heavy atom. The normalized spacial score (nSPS) is 18.6. The van der Waals surface area contributed by atoms with Gasteiger partial charge in [-0.1, -0.05) is 137 Å². The molecule has 4 heteroatoms. The van der Waals surface area contributed by atoms with Crippen LogP contribution in [0.3, 0.4) is 0 Å². The van der Waals surface area contributed by atoms with E-state index in [4.69, 9.17) is 4.74 Å². The molecule has 2 aliphatic carbocycles. The number of benzene rings is 6. The summed E-state index contributed by atoms with van der Waals surface area (Å²) in [6.07, 6.45) is 4.69. The van der Waals surface area contributed by atoms with Crippen LogP contribution in [0.4, 0.5) is 34.1 Å². The highest BCUT2D eigenvalue weighted by Crippen LogP contribution is 2.53. The van der Waals surface area contributed by atoms with Crippen molar-refractivity contribution in [2.45, 2.75) is 129 Å². The average molecular weight is 789 g/mol. The number of ether oxygens (including phenoxy) is 1. The third kappa shape index (κ3) is 6.06. The van der Waals surface area contributed by atoms with Gasteiger partial charge in [-0.2, -0.15) is 0 Å². The molecule has 0 saturated carbocycles. The number of hydrogen-bond acceptors (Lipinski definition) is 3. The standard InChI is InChI=1S/C56H61BN2O/c1-52(2,3)36-22-25-49-46(30-36)57-45-34-43-44(56(10,11)29-28-55(43,8)9)35-47(45)59(39-23-24-41-42(31-39)54(6,7)27-26-53(41,4)5)48-32-40(33-50(60-49)51(48)57)58(37-18-14-12-15-19-37)38-20-16-13-17-21-38/h12-25,30-35H,26-29H2,1-11H3. The second-order valence-electron chi connectivity index (χ2n) is 22.0. The maximum Gasteiger partial charge on any atom is 0.256 e. The Hall–Kier alpha value is -5.22. The van der Waals surface area contributed by atoms with E-state index in [1.54, 1.807) is 0 Å². The lowest BCUT2D eigenvalue weighted by Gasteiger charge is -2.47. The number of fused-ring (bicyclic) bond motifs is 6. The predicted molar refractivity (Wildman–Crippen MR) is 256 cm³/mol. The molecule has 0 fully saturated rings. The maximum atomic E-state index is 7.24. The van der Waals surface area contributed by atoms with E-state index in [0.717, 1.165) is 35.0 Å². The van der Waals surface area contributed by atoms with Gasteiger partial charge in [-0.3, -0.25) is 0 Å². The van der Waals surface area contributed by atoms with Crippen molar-refractivity contribution in [3.63, 3.8) is 0 Å².